The monoisotopic (exact) mass is 301 g/mol. The summed E-state index contributed by atoms with van der Waals surface area (Å²) in [6, 6.07) is 28.4. The molecule has 0 aliphatic heterocycles. The van der Waals surface area contributed by atoms with E-state index in [0.717, 1.165) is 30.6 Å². The second kappa shape index (κ2) is 7.41. The fourth-order valence-corrected chi connectivity index (χ4v) is 2.71. The summed E-state index contributed by atoms with van der Waals surface area (Å²) in [5.41, 5.74) is 4.14. The number of aldehydes is 1. The highest BCUT2D eigenvalue weighted by molar-refractivity contribution is 5.84. The lowest BCUT2D eigenvalue weighted by atomic mass is 10.1. The minimum Gasteiger partial charge on any atom is -0.362 e. The van der Waals surface area contributed by atoms with Gasteiger partial charge in [0.25, 0.3) is 0 Å². The fraction of sp³-hybridized carbons (Fsp3) is 0.0952. The van der Waals surface area contributed by atoms with E-state index in [0.29, 0.717) is 0 Å². The van der Waals surface area contributed by atoms with Gasteiger partial charge < -0.3 is 4.90 Å². The number of benzene rings is 3. The summed E-state index contributed by atoms with van der Waals surface area (Å²) in [6.07, 6.45) is 0.929. The second-order valence-corrected chi connectivity index (χ2v) is 5.50. The number of nitrogens with zero attached hydrogens (tertiary/aromatic N) is 1. The zero-order valence-corrected chi connectivity index (χ0v) is 12.9. The molecule has 2 nitrogen and oxygen atoms in total. The van der Waals surface area contributed by atoms with Crippen LogP contribution in [0.2, 0.25) is 0 Å². The number of carbonyl (C=O) groups is 1. The molecule has 0 fully saturated rings. The highest BCUT2D eigenvalue weighted by Crippen LogP contribution is 2.23. The van der Waals surface area contributed by atoms with E-state index in [-0.39, 0.29) is 0 Å². The molecule has 114 valence electrons. The summed E-state index contributed by atoms with van der Waals surface area (Å²) < 4.78 is 0. The maximum atomic E-state index is 11.4. The van der Waals surface area contributed by atoms with Gasteiger partial charge in [-0.25, -0.2) is 0 Å². The zero-order valence-electron chi connectivity index (χ0n) is 12.9. The molecule has 0 saturated heterocycles. The van der Waals surface area contributed by atoms with Gasteiger partial charge in [0.1, 0.15) is 0 Å². The van der Waals surface area contributed by atoms with Gasteiger partial charge >= 0.3 is 0 Å². The molecule has 23 heavy (non-hydrogen) atoms. The van der Waals surface area contributed by atoms with Crippen LogP contribution >= 0.6 is 0 Å². The lowest BCUT2D eigenvalue weighted by molar-refractivity contribution is 0.112. The van der Waals surface area contributed by atoms with Gasteiger partial charge in [-0.1, -0.05) is 72.8 Å². The second-order valence-electron chi connectivity index (χ2n) is 5.50. The topological polar surface area (TPSA) is 20.3 Å². The molecule has 0 unspecified atom stereocenters. The van der Waals surface area contributed by atoms with Crippen LogP contribution in [0.15, 0.2) is 84.9 Å². The molecule has 0 aromatic heterocycles. The molecule has 0 N–H and O–H groups in total. The quantitative estimate of drug-likeness (QED) is 0.615. The first-order valence-corrected chi connectivity index (χ1v) is 7.74. The summed E-state index contributed by atoms with van der Waals surface area (Å²) in [5.74, 6) is 0. The number of rotatable bonds is 6. The third-order valence-electron chi connectivity index (χ3n) is 3.84. The Bertz CT molecular complexity index is 712. The molecule has 0 atom stereocenters. The van der Waals surface area contributed by atoms with E-state index < -0.39 is 0 Å². The Morgan fingerprint density at radius 1 is 0.652 bits per heavy atom. The Morgan fingerprint density at radius 2 is 1.13 bits per heavy atom. The van der Waals surface area contributed by atoms with Gasteiger partial charge in [-0.3, -0.25) is 4.79 Å². The molecular weight excluding hydrogens is 282 g/mol. The van der Waals surface area contributed by atoms with Gasteiger partial charge in [0.05, 0.1) is 0 Å². The lowest BCUT2D eigenvalue weighted by Gasteiger charge is -2.26. The van der Waals surface area contributed by atoms with Crippen LogP contribution in [0.5, 0.6) is 0 Å². The summed E-state index contributed by atoms with van der Waals surface area (Å²) in [6.45, 7) is 1.53. The minimum absolute atomic E-state index is 0.722. The molecule has 3 aromatic carbocycles. The Kier molecular flexibility index (Phi) is 4.85. The van der Waals surface area contributed by atoms with Crippen LogP contribution in [0.3, 0.4) is 0 Å². The zero-order chi connectivity index (χ0) is 15.9. The van der Waals surface area contributed by atoms with Crippen molar-refractivity contribution >= 4 is 12.0 Å². The highest BCUT2D eigenvalue weighted by Gasteiger charge is 2.12. The van der Waals surface area contributed by atoms with E-state index in [2.05, 4.69) is 29.2 Å². The van der Waals surface area contributed by atoms with Crippen LogP contribution in [0, 0.1) is 0 Å². The van der Waals surface area contributed by atoms with E-state index in [1.807, 2.05) is 60.7 Å². The minimum atomic E-state index is 0.722. The summed E-state index contributed by atoms with van der Waals surface area (Å²) in [5, 5.41) is 0. The molecule has 0 amide bonds. The van der Waals surface area contributed by atoms with Crippen LogP contribution in [0.1, 0.15) is 21.5 Å². The molecule has 0 bridgehead atoms. The van der Waals surface area contributed by atoms with Crippen molar-refractivity contribution < 1.29 is 4.79 Å². The Balaban J connectivity index is 1.94. The van der Waals surface area contributed by atoms with Crippen LogP contribution in [0.25, 0.3) is 0 Å². The summed E-state index contributed by atoms with van der Waals surface area (Å²) >= 11 is 0. The summed E-state index contributed by atoms with van der Waals surface area (Å²) in [7, 11) is 0. The van der Waals surface area contributed by atoms with Crippen molar-refractivity contribution in [2.45, 2.75) is 13.1 Å². The van der Waals surface area contributed by atoms with Gasteiger partial charge in [0.2, 0.25) is 0 Å². The number of para-hydroxylation sites is 1. The third kappa shape index (κ3) is 3.86. The molecule has 0 heterocycles. The first-order valence-electron chi connectivity index (χ1n) is 7.74. The molecular formula is C21H19NO. The van der Waals surface area contributed by atoms with Crippen LogP contribution in [-0.4, -0.2) is 6.29 Å². The lowest BCUT2D eigenvalue weighted by Crippen LogP contribution is -2.23. The van der Waals surface area contributed by atoms with Crippen molar-refractivity contribution in [1.29, 1.82) is 0 Å². The maximum Gasteiger partial charge on any atom is 0.152 e. The first kappa shape index (κ1) is 15.0. The average Bonchev–Trinajstić information content (AvgIpc) is 2.63. The van der Waals surface area contributed by atoms with Crippen molar-refractivity contribution in [3.05, 3.63) is 102 Å². The number of anilines is 1. The first-order chi connectivity index (χ1) is 11.4. The fourth-order valence-electron chi connectivity index (χ4n) is 2.71. The van der Waals surface area contributed by atoms with Gasteiger partial charge in [-0.2, -0.15) is 0 Å². The normalized spacial score (nSPS) is 10.3. The van der Waals surface area contributed by atoms with E-state index in [4.69, 9.17) is 0 Å². The standard InChI is InChI=1S/C21H19NO/c23-17-20-13-7-8-14-21(20)22(15-18-9-3-1-4-10-18)16-19-11-5-2-6-12-19/h1-14,17H,15-16H2. The predicted molar refractivity (Wildman–Crippen MR) is 94.6 cm³/mol. The Hall–Kier alpha value is -2.87. The average molecular weight is 301 g/mol. The number of hydrogen-bond donors (Lipinski definition) is 0. The SMILES string of the molecule is O=Cc1ccccc1N(Cc1ccccc1)Cc1ccccc1. The van der Waals surface area contributed by atoms with Crippen molar-refractivity contribution in [3.63, 3.8) is 0 Å². The number of hydrogen-bond acceptors (Lipinski definition) is 2. The molecule has 0 saturated carbocycles. The van der Waals surface area contributed by atoms with Gasteiger partial charge in [0, 0.05) is 24.3 Å². The van der Waals surface area contributed by atoms with E-state index >= 15 is 0 Å². The van der Waals surface area contributed by atoms with Crippen molar-refractivity contribution in [2.24, 2.45) is 0 Å². The van der Waals surface area contributed by atoms with E-state index in [9.17, 15) is 4.79 Å². The smallest absolute Gasteiger partial charge is 0.152 e. The molecule has 2 heteroatoms. The Labute approximate surface area is 137 Å². The molecule has 0 spiro atoms. The van der Waals surface area contributed by atoms with Crippen molar-refractivity contribution in [1.82, 2.24) is 0 Å². The molecule has 0 aliphatic carbocycles. The number of carbonyl (C=O) groups excluding carboxylic acids is 1. The van der Waals surface area contributed by atoms with E-state index in [1.54, 1.807) is 0 Å². The van der Waals surface area contributed by atoms with Gasteiger partial charge in [-0.15, -0.1) is 0 Å². The van der Waals surface area contributed by atoms with Crippen LogP contribution in [0.4, 0.5) is 5.69 Å². The summed E-state index contributed by atoms with van der Waals surface area (Å²) in [4.78, 5) is 13.7. The van der Waals surface area contributed by atoms with Crippen molar-refractivity contribution in [3.8, 4) is 0 Å². The largest absolute Gasteiger partial charge is 0.362 e. The van der Waals surface area contributed by atoms with E-state index in [1.165, 1.54) is 11.1 Å². The van der Waals surface area contributed by atoms with Crippen molar-refractivity contribution in [2.75, 3.05) is 4.90 Å². The Morgan fingerprint density at radius 3 is 1.65 bits per heavy atom. The maximum absolute atomic E-state index is 11.4. The molecule has 3 rings (SSSR count). The molecule has 3 aromatic rings. The van der Waals surface area contributed by atoms with Crippen LogP contribution < -0.4 is 4.90 Å². The molecule has 0 radical (unpaired) electrons. The third-order valence-corrected chi connectivity index (χ3v) is 3.84. The van der Waals surface area contributed by atoms with Gasteiger partial charge in [0.15, 0.2) is 6.29 Å². The molecule has 0 aliphatic rings. The highest BCUT2D eigenvalue weighted by atomic mass is 16.1. The predicted octanol–water partition coefficient (Wildman–Crippen LogP) is 4.71. The van der Waals surface area contributed by atoms with Gasteiger partial charge in [-0.05, 0) is 23.3 Å². The van der Waals surface area contributed by atoms with Crippen LogP contribution in [-0.2, 0) is 13.1 Å².